The molecule has 12 nitrogen and oxygen atoms in total. The number of hydrogen-bond acceptors (Lipinski definition) is 10. The highest BCUT2D eigenvalue weighted by Crippen LogP contribution is 2.41. The molecule has 0 amide bonds. The fourth-order valence-electron chi connectivity index (χ4n) is 4.66. The molecule has 1 atom stereocenters. The third-order valence-corrected chi connectivity index (χ3v) is 7.86. The molecule has 0 spiro atoms. The number of H-pyrrole nitrogens is 1. The van der Waals surface area contributed by atoms with E-state index in [0.717, 1.165) is 32.4 Å². The van der Waals surface area contributed by atoms with Crippen molar-refractivity contribution in [3.8, 4) is 22.7 Å². The van der Waals surface area contributed by atoms with Gasteiger partial charge in [0.25, 0.3) is 0 Å². The van der Waals surface area contributed by atoms with E-state index >= 15 is 0 Å². The van der Waals surface area contributed by atoms with Gasteiger partial charge < -0.3 is 23.2 Å². The van der Waals surface area contributed by atoms with Crippen LogP contribution in [0.3, 0.4) is 0 Å². The maximum absolute atomic E-state index is 13.3. The van der Waals surface area contributed by atoms with Crippen molar-refractivity contribution >= 4 is 38.8 Å². The Morgan fingerprint density at radius 2 is 1.88 bits per heavy atom. The minimum Gasteiger partial charge on any atom is -0.455 e. The van der Waals surface area contributed by atoms with Gasteiger partial charge in [0, 0.05) is 43.5 Å². The molecule has 224 valence electrons. The van der Waals surface area contributed by atoms with Crippen molar-refractivity contribution in [2.75, 3.05) is 7.11 Å². The van der Waals surface area contributed by atoms with Crippen molar-refractivity contribution in [1.29, 1.82) is 0 Å². The van der Waals surface area contributed by atoms with Gasteiger partial charge in [-0.3, -0.25) is 0 Å². The van der Waals surface area contributed by atoms with Gasteiger partial charge in [-0.25, -0.2) is 14.6 Å². The van der Waals surface area contributed by atoms with Gasteiger partial charge in [-0.1, -0.05) is 37.3 Å². The minimum atomic E-state index is -1.18. The number of esters is 2. The van der Waals surface area contributed by atoms with Crippen LogP contribution in [0.2, 0.25) is 0 Å². The lowest BCUT2D eigenvalue weighted by Crippen LogP contribution is -2.38. The summed E-state index contributed by atoms with van der Waals surface area (Å²) in [6.07, 6.45) is -0.538. The van der Waals surface area contributed by atoms with E-state index in [2.05, 4.69) is 41.5 Å². The second kappa shape index (κ2) is 12.1. The molecule has 5 rings (SSSR count). The van der Waals surface area contributed by atoms with Gasteiger partial charge in [-0.05, 0) is 59.6 Å². The average Bonchev–Trinajstić information content (AvgIpc) is 3.71. The molecule has 43 heavy (non-hydrogen) atoms. The fraction of sp³-hybridized carbons (Fsp3) is 0.333. The molecule has 1 unspecified atom stereocenters. The van der Waals surface area contributed by atoms with E-state index in [0.29, 0.717) is 35.8 Å². The molecule has 0 aliphatic heterocycles. The van der Waals surface area contributed by atoms with Crippen LogP contribution in [0.4, 0.5) is 0 Å². The number of carbonyl (C=O) groups excluding carboxylic acids is 2. The van der Waals surface area contributed by atoms with Gasteiger partial charge in [0.15, 0.2) is 11.3 Å². The van der Waals surface area contributed by atoms with Gasteiger partial charge in [0.1, 0.15) is 17.2 Å². The fourth-order valence-corrected chi connectivity index (χ4v) is 5.26. The zero-order valence-electron chi connectivity index (χ0n) is 24.6. The number of furan rings is 1. The SMILES string of the molecule is CCc1nc(C)c(C(=O)OC(C)OC(=O)C(C)(C)OC)n1Cc1ccc2oc(-c3ccccc3-c3nn[nH]n3)c(Br)c2c1. The first kappa shape index (κ1) is 30.1. The van der Waals surface area contributed by atoms with Gasteiger partial charge >= 0.3 is 11.9 Å². The second-order valence-electron chi connectivity index (χ2n) is 10.4. The Bertz CT molecular complexity index is 1790. The zero-order chi connectivity index (χ0) is 30.9. The van der Waals surface area contributed by atoms with E-state index in [9.17, 15) is 9.59 Å². The topological polar surface area (TPSA) is 147 Å². The smallest absolute Gasteiger partial charge is 0.359 e. The predicted octanol–water partition coefficient (Wildman–Crippen LogP) is 5.63. The summed E-state index contributed by atoms with van der Waals surface area (Å²) < 4.78 is 24.8. The third-order valence-electron chi connectivity index (χ3n) is 7.07. The van der Waals surface area contributed by atoms with Crippen LogP contribution >= 0.6 is 15.9 Å². The molecule has 0 saturated carbocycles. The molecule has 0 aliphatic rings. The zero-order valence-corrected chi connectivity index (χ0v) is 26.2. The normalized spacial score (nSPS) is 12.4. The lowest BCUT2D eigenvalue weighted by Gasteiger charge is -2.23. The number of nitrogens with one attached hydrogen (secondary N) is 1. The molecule has 0 bridgehead atoms. The van der Waals surface area contributed by atoms with Crippen LogP contribution in [0.15, 0.2) is 51.4 Å². The first-order chi connectivity index (χ1) is 20.5. The lowest BCUT2D eigenvalue weighted by atomic mass is 10.0. The summed E-state index contributed by atoms with van der Waals surface area (Å²) in [5, 5.41) is 15.3. The van der Waals surface area contributed by atoms with Crippen LogP contribution in [0.5, 0.6) is 0 Å². The Kier molecular flexibility index (Phi) is 8.47. The number of aromatic nitrogens is 6. The summed E-state index contributed by atoms with van der Waals surface area (Å²) in [7, 11) is 1.40. The summed E-state index contributed by atoms with van der Waals surface area (Å²) >= 11 is 3.74. The number of hydrogen-bond donors (Lipinski definition) is 1. The Morgan fingerprint density at radius 3 is 2.56 bits per heavy atom. The van der Waals surface area contributed by atoms with Gasteiger partial charge in [0.05, 0.1) is 10.2 Å². The van der Waals surface area contributed by atoms with E-state index in [1.54, 1.807) is 20.8 Å². The molecule has 2 aromatic carbocycles. The van der Waals surface area contributed by atoms with Gasteiger partial charge in [-0.15, -0.1) is 10.2 Å². The van der Waals surface area contributed by atoms with E-state index in [4.69, 9.17) is 18.6 Å². The standard InChI is InChI=1S/C30H31BrN6O6/c1-7-23-32-16(2)25(28(38)41-17(3)42-29(39)30(4,5)40-6)37(23)15-18-12-13-22-21(14-18)24(31)26(43-22)19-10-8-9-11-20(19)27-33-35-36-34-27/h8-14,17H,7,15H2,1-6H3,(H,33,34,35,36). The summed E-state index contributed by atoms with van der Waals surface area (Å²) in [6, 6.07) is 13.5. The molecule has 0 aliphatic carbocycles. The van der Waals surface area contributed by atoms with E-state index < -0.39 is 23.8 Å². The Labute approximate surface area is 255 Å². The predicted molar refractivity (Wildman–Crippen MR) is 160 cm³/mol. The molecule has 3 aromatic heterocycles. The van der Waals surface area contributed by atoms with Gasteiger partial charge in [-0.2, -0.15) is 5.21 Å². The number of methoxy groups -OCH3 is 1. The lowest BCUT2D eigenvalue weighted by molar-refractivity contribution is -0.186. The number of fused-ring (bicyclic) bond motifs is 1. The largest absolute Gasteiger partial charge is 0.455 e. The molecule has 13 heteroatoms. The first-order valence-corrected chi connectivity index (χ1v) is 14.4. The number of tetrazole rings is 1. The van der Waals surface area contributed by atoms with E-state index in [-0.39, 0.29) is 5.69 Å². The highest BCUT2D eigenvalue weighted by atomic mass is 79.9. The number of aryl methyl sites for hydroxylation is 2. The monoisotopic (exact) mass is 650 g/mol. The van der Waals surface area contributed by atoms with Crippen LogP contribution in [0.25, 0.3) is 33.7 Å². The highest BCUT2D eigenvalue weighted by Gasteiger charge is 2.32. The molecular weight excluding hydrogens is 620 g/mol. The molecule has 3 heterocycles. The van der Waals surface area contributed by atoms with Crippen LogP contribution in [0, 0.1) is 6.92 Å². The summed E-state index contributed by atoms with van der Waals surface area (Å²) in [6.45, 7) is 8.69. The minimum absolute atomic E-state index is 0.284. The van der Waals surface area contributed by atoms with Crippen LogP contribution < -0.4 is 0 Å². The van der Waals surface area contributed by atoms with E-state index in [1.807, 2.05) is 54.0 Å². The summed E-state index contributed by atoms with van der Waals surface area (Å²) in [5.74, 6) is 0.511. The highest BCUT2D eigenvalue weighted by molar-refractivity contribution is 9.10. The van der Waals surface area contributed by atoms with Gasteiger partial charge in [0.2, 0.25) is 12.1 Å². The number of halogens is 1. The summed E-state index contributed by atoms with van der Waals surface area (Å²) in [4.78, 5) is 30.3. The number of aromatic amines is 1. The van der Waals surface area contributed by atoms with Crippen molar-refractivity contribution in [3.63, 3.8) is 0 Å². The Morgan fingerprint density at radius 1 is 1.14 bits per heavy atom. The second-order valence-corrected chi connectivity index (χ2v) is 11.1. The molecule has 5 aromatic rings. The number of imidazole rings is 1. The van der Waals surface area contributed by atoms with Crippen LogP contribution in [-0.2, 0) is 32.0 Å². The molecule has 0 radical (unpaired) electrons. The molecule has 0 fully saturated rings. The van der Waals surface area contributed by atoms with E-state index in [1.165, 1.54) is 14.0 Å². The molecule has 1 N–H and O–H groups in total. The number of nitrogens with zero attached hydrogens (tertiary/aromatic N) is 5. The molecule has 0 saturated heterocycles. The number of rotatable bonds is 10. The van der Waals surface area contributed by atoms with Crippen molar-refractivity contribution in [3.05, 3.63) is 69.7 Å². The quantitative estimate of drug-likeness (QED) is 0.149. The summed E-state index contributed by atoms with van der Waals surface area (Å²) in [5.41, 5.74) is 2.79. The Balaban J connectivity index is 1.44. The third kappa shape index (κ3) is 5.95. The first-order valence-electron chi connectivity index (χ1n) is 13.6. The van der Waals surface area contributed by atoms with Crippen LogP contribution in [0.1, 0.15) is 55.3 Å². The van der Waals surface area contributed by atoms with Crippen molar-refractivity contribution in [1.82, 2.24) is 30.2 Å². The molecular formula is C30H31BrN6O6. The Hall–Kier alpha value is -4.36. The average molecular weight is 652 g/mol. The number of benzene rings is 2. The number of ether oxygens (including phenoxy) is 3. The van der Waals surface area contributed by atoms with Crippen molar-refractivity contribution in [2.45, 2.75) is 59.5 Å². The maximum Gasteiger partial charge on any atom is 0.359 e. The van der Waals surface area contributed by atoms with Crippen LogP contribution in [-0.4, -0.2) is 61.1 Å². The van der Waals surface area contributed by atoms with Crippen molar-refractivity contribution < 1.29 is 28.2 Å². The van der Waals surface area contributed by atoms with Crippen molar-refractivity contribution in [2.24, 2.45) is 0 Å². The number of carbonyl (C=O) groups is 2. The maximum atomic E-state index is 13.3.